The van der Waals surface area contributed by atoms with Crippen LogP contribution in [0.2, 0.25) is 0 Å². The van der Waals surface area contributed by atoms with Gasteiger partial charge in [0.05, 0.1) is 6.10 Å². The van der Waals surface area contributed by atoms with Gasteiger partial charge in [-0.15, -0.1) is 0 Å². The Morgan fingerprint density at radius 2 is 1.62 bits per heavy atom. The topological polar surface area (TPSA) is 26.3 Å². The van der Waals surface area contributed by atoms with Gasteiger partial charge in [0.2, 0.25) is 0 Å². The van der Waals surface area contributed by atoms with Gasteiger partial charge in [0.25, 0.3) is 0 Å². The second-order valence-corrected chi connectivity index (χ2v) is 5.62. The molecule has 0 heterocycles. The van der Waals surface area contributed by atoms with Gasteiger partial charge in [-0.2, -0.15) is 0 Å². The average Bonchev–Trinajstić information content (AvgIpc) is 2.26. The van der Waals surface area contributed by atoms with E-state index in [0.29, 0.717) is 6.10 Å². The fraction of sp³-hybridized carbons (Fsp3) is 0.929. The molecule has 0 bridgehead atoms. The molecule has 2 nitrogen and oxygen atoms in total. The van der Waals surface area contributed by atoms with Crippen LogP contribution in [0.3, 0.4) is 0 Å². The van der Waals surface area contributed by atoms with Crippen molar-refractivity contribution in [3.63, 3.8) is 0 Å². The van der Waals surface area contributed by atoms with Crippen LogP contribution in [0.5, 0.6) is 0 Å². The van der Waals surface area contributed by atoms with Crippen molar-refractivity contribution in [1.82, 2.24) is 0 Å². The molecule has 1 rings (SSSR count). The highest BCUT2D eigenvalue weighted by Gasteiger charge is 2.28. The number of carbonyl (C=O) groups is 1. The number of carbonyl (C=O) groups excluding carboxylic acids is 1. The number of ketones is 1. The highest BCUT2D eigenvalue weighted by atomic mass is 16.5. The summed E-state index contributed by atoms with van der Waals surface area (Å²) >= 11 is 0. The zero-order chi connectivity index (χ0) is 12.1. The van der Waals surface area contributed by atoms with E-state index in [9.17, 15) is 4.79 Å². The molecule has 0 N–H and O–H groups in total. The quantitative estimate of drug-likeness (QED) is 0.716. The Kier molecular flexibility index (Phi) is 5.47. The fourth-order valence-corrected chi connectivity index (χ4v) is 2.29. The Bertz CT molecular complexity index is 215. The maximum atomic E-state index is 12.0. The number of ether oxygens (including phenoxy) is 1. The third kappa shape index (κ3) is 3.89. The lowest BCUT2D eigenvalue weighted by atomic mass is 9.93. The Morgan fingerprint density at radius 1 is 1.06 bits per heavy atom. The second kappa shape index (κ2) is 6.39. The maximum Gasteiger partial charge on any atom is 0.164 e. The normalized spacial score (nSPS) is 20.4. The van der Waals surface area contributed by atoms with Crippen LogP contribution in [0.15, 0.2) is 0 Å². The minimum absolute atomic E-state index is 0.0796. The van der Waals surface area contributed by atoms with E-state index >= 15 is 0 Å². The van der Waals surface area contributed by atoms with Crippen LogP contribution in [-0.4, -0.2) is 18.0 Å². The van der Waals surface area contributed by atoms with E-state index in [2.05, 4.69) is 13.8 Å². The lowest BCUT2D eigenvalue weighted by molar-refractivity contribution is -0.142. The molecule has 0 spiro atoms. The molecule has 1 aliphatic carbocycles. The van der Waals surface area contributed by atoms with Crippen molar-refractivity contribution in [3.05, 3.63) is 0 Å². The highest BCUT2D eigenvalue weighted by Crippen LogP contribution is 2.24. The summed E-state index contributed by atoms with van der Waals surface area (Å²) in [5, 5.41) is 0. The van der Waals surface area contributed by atoms with E-state index in [0.717, 1.165) is 12.8 Å². The molecule has 0 aliphatic heterocycles. The van der Waals surface area contributed by atoms with Crippen LogP contribution in [0.1, 0.15) is 59.8 Å². The summed E-state index contributed by atoms with van der Waals surface area (Å²) in [7, 11) is 0. The summed E-state index contributed by atoms with van der Waals surface area (Å²) in [6.07, 6.45) is 6.23. The van der Waals surface area contributed by atoms with Crippen LogP contribution in [0.4, 0.5) is 0 Å². The van der Waals surface area contributed by atoms with Gasteiger partial charge in [-0.3, -0.25) is 4.79 Å². The predicted molar refractivity (Wildman–Crippen MR) is 66.4 cm³/mol. The van der Waals surface area contributed by atoms with Gasteiger partial charge in [-0.1, -0.05) is 47.0 Å². The smallest absolute Gasteiger partial charge is 0.164 e. The Labute approximate surface area is 99.8 Å². The third-order valence-corrected chi connectivity index (χ3v) is 3.35. The van der Waals surface area contributed by atoms with Gasteiger partial charge >= 0.3 is 0 Å². The maximum absolute atomic E-state index is 12.0. The van der Waals surface area contributed by atoms with E-state index in [1.165, 1.54) is 19.3 Å². The predicted octanol–water partition coefficient (Wildman–Crippen LogP) is 3.59. The van der Waals surface area contributed by atoms with Crippen molar-refractivity contribution in [1.29, 1.82) is 0 Å². The molecule has 0 amide bonds. The van der Waals surface area contributed by atoms with Gasteiger partial charge < -0.3 is 4.74 Å². The van der Waals surface area contributed by atoms with Crippen LogP contribution in [0, 0.1) is 11.8 Å². The summed E-state index contributed by atoms with van der Waals surface area (Å²) in [5.41, 5.74) is 0. The minimum atomic E-state index is -0.192. The first-order valence-corrected chi connectivity index (χ1v) is 6.71. The largest absolute Gasteiger partial charge is 0.367 e. The number of hydrogen-bond acceptors (Lipinski definition) is 2. The summed E-state index contributed by atoms with van der Waals surface area (Å²) in [5.74, 6) is 0.633. The lowest BCUT2D eigenvalue weighted by Gasteiger charge is -2.29. The standard InChI is InChI=1S/C14H26O2/c1-10(2)13(15)14(11(3)4)16-12-8-6-5-7-9-12/h10-12,14H,5-9H2,1-4H3/t14-/m1/s1. The van der Waals surface area contributed by atoms with Gasteiger partial charge in [0.1, 0.15) is 6.10 Å². The first-order valence-electron chi connectivity index (χ1n) is 6.71. The third-order valence-electron chi connectivity index (χ3n) is 3.35. The molecule has 0 radical (unpaired) electrons. The fourth-order valence-electron chi connectivity index (χ4n) is 2.29. The number of rotatable bonds is 5. The molecule has 2 heteroatoms. The van der Waals surface area contributed by atoms with Crippen molar-refractivity contribution in [2.24, 2.45) is 11.8 Å². The average molecular weight is 226 g/mol. The SMILES string of the molecule is CC(C)C(=O)[C@H](OC1CCCCC1)C(C)C. The van der Waals surface area contributed by atoms with Crippen molar-refractivity contribution >= 4 is 5.78 Å². The van der Waals surface area contributed by atoms with Gasteiger partial charge in [0.15, 0.2) is 5.78 Å². The van der Waals surface area contributed by atoms with Gasteiger partial charge in [-0.05, 0) is 18.8 Å². The molecule has 0 unspecified atom stereocenters. The Balaban J connectivity index is 2.53. The monoisotopic (exact) mass is 226 g/mol. The number of Topliss-reactive ketones (excluding diaryl/α,β-unsaturated/α-hetero) is 1. The molecule has 94 valence electrons. The van der Waals surface area contributed by atoms with Crippen LogP contribution < -0.4 is 0 Å². The molecule has 0 aromatic rings. The van der Waals surface area contributed by atoms with Crippen molar-refractivity contribution in [2.45, 2.75) is 72.0 Å². The van der Waals surface area contributed by atoms with Crippen molar-refractivity contribution < 1.29 is 9.53 Å². The lowest BCUT2D eigenvalue weighted by Crippen LogP contribution is -2.37. The van der Waals surface area contributed by atoms with Crippen molar-refractivity contribution in [2.75, 3.05) is 0 Å². The first kappa shape index (κ1) is 13.7. The van der Waals surface area contributed by atoms with Crippen LogP contribution in [-0.2, 0) is 9.53 Å². The molecule has 16 heavy (non-hydrogen) atoms. The van der Waals surface area contributed by atoms with E-state index in [-0.39, 0.29) is 23.7 Å². The molecule has 1 aliphatic rings. The van der Waals surface area contributed by atoms with Crippen LogP contribution >= 0.6 is 0 Å². The van der Waals surface area contributed by atoms with E-state index in [1.807, 2.05) is 13.8 Å². The Hall–Kier alpha value is -0.370. The summed E-state index contributed by atoms with van der Waals surface area (Å²) in [6, 6.07) is 0. The summed E-state index contributed by atoms with van der Waals surface area (Å²) in [6.45, 7) is 8.07. The molecular formula is C14H26O2. The molecule has 1 fully saturated rings. The summed E-state index contributed by atoms with van der Waals surface area (Å²) < 4.78 is 6.03. The minimum Gasteiger partial charge on any atom is -0.367 e. The van der Waals surface area contributed by atoms with Gasteiger partial charge in [-0.25, -0.2) is 0 Å². The molecule has 0 saturated heterocycles. The molecule has 0 aromatic carbocycles. The molecule has 0 aromatic heterocycles. The zero-order valence-electron chi connectivity index (χ0n) is 11.2. The van der Waals surface area contributed by atoms with E-state index < -0.39 is 0 Å². The zero-order valence-corrected chi connectivity index (χ0v) is 11.2. The van der Waals surface area contributed by atoms with Gasteiger partial charge in [0, 0.05) is 5.92 Å². The molecule has 1 saturated carbocycles. The van der Waals surface area contributed by atoms with E-state index in [1.54, 1.807) is 0 Å². The number of hydrogen-bond donors (Lipinski definition) is 0. The van der Waals surface area contributed by atoms with Crippen molar-refractivity contribution in [3.8, 4) is 0 Å². The van der Waals surface area contributed by atoms with Crippen LogP contribution in [0.25, 0.3) is 0 Å². The summed E-state index contributed by atoms with van der Waals surface area (Å²) in [4.78, 5) is 12.0. The highest BCUT2D eigenvalue weighted by molar-refractivity contribution is 5.85. The molecule has 1 atom stereocenters. The second-order valence-electron chi connectivity index (χ2n) is 5.62. The first-order chi connectivity index (χ1) is 7.52. The molecular weight excluding hydrogens is 200 g/mol. The Morgan fingerprint density at radius 3 is 2.06 bits per heavy atom. The van der Waals surface area contributed by atoms with E-state index in [4.69, 9.17) is 4.74 Å².